The molecule has 6 nitrogen and oxygen atoms in total. The van der Waals surface area contributed by atoms with Gasteiger partial charge in [0.15, 0.2) is 0 Å². The molecule has 0 aliphatic carbocycles. The van der Waals surface area contributed by atoms with Crippen molar-refractivity contribution in [3.05, 3.63) is 18.1 Å². The minimum absolute atomic E-state index is 0.247. The van der Waals surface area contributed by atoms with Gasteiger partial charge in [0.05, 0.1) is 18.5 Å². The highest BCUT2D eigenvalue weighted by Gasteiger charge is 2.15. The molecule has 2 N–H and O–H groups in total. The topological polar surface area (TPSA) is 78.4 Å². The number of aromatic nitrogens is 2. The van der Waals surface area contributed by atoms with E-state index in [9.17, 15) is 9.90 Å². The molecule has 1 aromatic rings. The van der Waals surface area contributed by atoms with Gasteiger partial charge in [0.25, 0.3) is 5.91 Å². The van der Waals surface area contributed by atoms with Crippen molar-refractivity contribution in [3.8, 4) is 0 Å². The minimum atomic E-state index is -0.562. The minimum Gasteiger partial charge on any atom is -0.392 e. The predicted octanol–water partition coefficient (Wildman–Crippen LogP) is 0.751. The summed E-state index contributed by atoms with van der Waals surface area (Å²) in [5, 5.41) is 12.3. The lowest BCUT2D eigenvalue weighted by Crippen LogP contribution is -2.33. The zero-order valence-corrected chi connectivity index (χ0v) is 11.1. The van der Waals surface area contributed by atoms with Crippen molar-refractivity contribution >= 4 is 11.7 Å². The number of likely N-dealkylation sites (N-methyl/N-ethyl adjacent to an activating group) is 1. The second-order valence-corrected chi connectivity index (χ2v) is 4.25. The Bertz CT molecular complexity index is 395. The second-order valence-electron chi connectivity index (χ2n) is 4.25. The number of anilines is 1. The SMILES string of the molecule is CCCNc1cncc(C(=O)N(C)CC(C)O)n1. The summed E-state index contributed by atoms with van der Waals surface area (Å²) in [6, 6.07) is 0. The second kappa shape index (κ2) is 6.90. The molecule has 0 saturated carbocycles. The maximum Gasteiger partial charge on any atom is 0.273 e. The molecule has 0 spiro atoms. The first-order valence-electron chi connectivity index (χ1n) is 6.04. The van der Waals surface area contributed by atoms with Crippen LogP contribution in [0.3, 0.4) is 0 Å². The third-order valence-corrected chi connectivity index (χ3v) is 2.29. The van der Waals surface area contributed by atoms with Crippen molar-refractivity contribution < 1.29 is 9.90 Å². The van der Waals surface area contributed by atoms with E-state index in [1.807, 2.05) is 6.92 Å². The normalized spacial score (nSPS) is 12.0. The number of nitrogens with one attached hydrogen (secondary N) is 1. The van der Waals surface area contributed by atoms with Gasteiger partial charge in [-0.05, 0) is 13.3 Å². The monoisotopic (exact) mass is 252 g/mol. The number of aliphatic hydroxyl groups is 1. The lowest BCUT2D eigenvalue weighted by molar-refractivity contribution is 0.0698. The quantitative estimate of drug-likeness (QED) is 0.781. The largest absolute Gasteiger partial charge is 0.392 e. The number of nitrogens with zero attached hydrogens (tertiary/aromatic N) is 3. The van der Waals surface area contributed by atoms with Gasteiger partial charge < -0.3 is 15.3 Å². The summed E-state index contributed by atoms with van der Waals surface area (Å²) in [5.74, 6) is 0.344. The van der Waals surface area contributed by atoms with Gasteiger partial charge in [0.1, 0.15) is 11.5 Å². The Morgan fingerprint density at radius 3 is 2.89 bits per heavy atom. The van der Waals surface area contributed by atoms with Crippen LogP contribution in [0.4, 0.5) is 5.82 Å². The predicted molar refractivity (Wildman–Crippen MR) is 69.5 cm³/mol. The van der Waals surface area contributed by atoms with E-state index < -0.39 is 6.10 Å². The molecule has 0 saturated heterocycles. The molecule has 0 radical (unpaired) electrons. The van der Waals surface area contributed by atoms with E-state index in [2.05, 4.69) is 15.3 Å². The fourth-order valence-electron chi connectivity index (χ4n) is 1.48. The van der Waals surface area contributed by atoms with Crippen molar-refractivity contribution in [2.24, 2.45) is 0 Å². The summed E-state index contributed by atoms with van der Waals surface area (Å²) in [6.07, 6.45) is 3.43. The van der Waals surface area contributed by atoms with E-state index >= 15 is 0 Å². The first-order valence-corrected chi connectivity index (χ1v) is 6.04. The highest BCUT2D eigenvalue weighted by atomic mass is 16.3. The molecule has 0 fully saturated rings. The molecule has 0 bridgehead atoms. The van der Waals surface area contributed by atoms with E-state index in [-0.39, 0.29) is 18.1 Å². The van der Waals surface area contributed by atoms with Gasteiger partial charge in [0.2, 0.25) is 0 Å². The van der Waals surface area contributed by atoms with Crippen molar-refractivity contribution in [3.63, 3.8) is 0 Å². The molecule has 6 heteroatoms. The molecule has 0 aromatic carbocycles. The molecule has 1 heterocycles. The highest BCUT2D eigenvalue weighted by molar-refractivity contribution is 5.92. The van der Waals surface area contributed by atoms with Gasteiger partial charge in [-0.3, -0.25) is 9.78 Å². The average molecular weight is 252 g/mol. The van der Waals surface area contributed by atoms with Crippen molar-refractivity contribution in [2.75, 3.05) is 25.5 Å². The molecule has 1 rings (SSSR count). The van der Waals surface area contributed by atoms with E-state index in [1.165, 1.54) is 11.1 Å². The molecule has 1 amide bonds. The van der Waals surface area contributed by atoms with Crippen LogP contribution < -0.4 is 5.32 Å². The van der Waals surface area contributed by atoms with Crippen LogP contribution in [-0.2, 0) is 0 Å². The third kappa shape index (κ3) is 4.29. The Hall–Kier alpha value is -1.69. The van der Waals surface area contributed by atoms with Crippen molar-refractivity contribution in [2.45, 2.75) is 26.4 Å². The number of amides is 1. The maximum absolute atomic E-state index is 12.0. The van der Waals surface area contributed by atoms with Crippen LogP contribution in [0.5, 0.6) is 0 Å². The van der Waals surface area contributed by atoms with E-state index in [0.29, 0.717) is 5.82 Å². The van der Waals surface area contributed by atoms with Crippen LogP contribution in [0.2, 0.25) is 0 Å². The number of carbonyl (C=O) groups is 1. The number of rotatable bonds is 6. The van der Waals surface area contributed by atoms with Gasteiger partial charge in [-0.25, -0.2) is 4.98 Å². The van der Waals surface area contributed by atoms with E-state index in [4.69, 9.17) is 0 Å². The van der Waals surface area contributed by atoms with Gasteiger partial charge in [0, 0.05) is 20.1 Å². The number of carbonyl (C=O) groups excluding carboxylic acids is 1. The fraction of sp³-hybridized carbons (Fsp3) is 0.583. The Morgan fingerprint density at radius 2 is 2.28 bits per heavy atom. The molecule has 0 aliphatic rings. The Balaban J connectivity index is 2.73. The maximum atomic E-state index is 12.0. The zero-order valence-electron chi connectivity index (χ0n) is 11.1. The van der Waals surface area contributed by atoms with Crippen molar-refractivity contribution in [1.82, 2.24) is 14.9 Å². The molecule has 1 atom stereocenters. The van der Waals surface area contributed by atoms with Gasteiger partial charge in [-0.1, -0.05) is 6.92 Å². The molecule has 100 valence electrons. The van der Waals surface area contributed by atoms with E-state index in [1.54, 1.807) is 20.2 Å². The summed E-state index contributed by atoms with van der Waals surface area (Å²) >= 11 is 0. The molecular weight excluding hydrogens is 232 g/mol. The van der Waals surface area contributed by atoms with Crippen molar-refractivity contribution in [1.29, 1.82) is 0 Å². The summed E-state index contributed by atoms with van der Waals surface area (Å²) in [4.78, 5) is 21.6. The standard InChI is InChI=1S/C12H20N4O2/c1-4-5-14-11-7-13-6-10(15-11)12(18)16(3)8-9(2)17/h6-7,9,17H,4-5,8H2,1-3H3,(H,14,15). The van der Waals surface area contributed by atoms with Crippen LogP contribution in [0.25, 0.3) is 0 Å². The van der Waals surface area contributed by atoms with Crippen LogP contribution >= 0.6 is 0 Å². The average Bonchev–Trinajstić information content (AvgIpc) is 2.35. The molecule has 1 unspecified atom stereocenters. The molecule has 0 aliphatic heterocycles. The molecule has 18 heavy (non-hydrogen) atoms. The van der Waals surface area contributed by atoms with Crippen LogP contribution in [0, 0.1) is 0 Å². The number of hydrogen-bond acceptors (Lipinski definition) is 5. The van der Waals surface area contributed by atoms with E-state index in [0.717, 1.165) is 13.0 Å². The van der Waals surface area contributed by atoms with Crippen LogP contribution in [0.15, 0.2) is 12.4 Å². The fourth-order valence-corrected chi connectivity index (χ4v) is 1.48. The summed E-state index contributed by atoms with van der Waals surface area (Å²) < 4.78 is 0. The Kier molecular flexibility index (Phi) is 5.51. The van der Waals surface area contributed by atoms with Gasteiger partial charge >= 0.3 is 0 Å². The van der Waals surface area contributed by atoms with Crippen LogP contribution in [0.1, 0.15) is 30.8 Å². The Morgan fingerprint density at radius 1 is 1.56 bits per heavy atom. The number of aliphatic hydroxyl groups excluding tert-OH is 1. The smallest absolute Gasteiger partial charge is 0.273 e. The van der Waals surface area contributed by atoms with Gasteiger partial charge in [-0.15, -0.1) is 0 Å². The Labute approximate surface area is 107 Å². The molecular formula is C12H20N4O2. The van der Waals surface area contributed by atoms with Crippen LogP contribution in [-0.4, -0.2) is 52.1 Å². The first-order chi connectivity index (χ1) is 8.54. The zero-order chi connectivity index (χ0) is 13.5. The summed E-state index contributed by atoms with van der Waals surface area (Å²) in [5.41, 5.74) is 0.277. The molecule has 1 aromatic heterocycles. The lowest BCUT2D eigenvalue weighted by atomic mass is 10.3. The highest BCUT2D eigenvalue weighted by Crippen LogP contribution is 2.05. The summed E-state index contributed by atoms with van der Waals surface area (Å²) in [6.45, 7) is 4.74. The first kappa shape index (κ1) is 14.4. The third-order valence-electron chi connectivity index (χ3n) is 2.29. The summed E-state index contributed by atoms with van der Waals surface area (Å²) in [7, 11) is 1.63. The van der Waals surface area contributed by atoms with Gasteiger partial charge in [-0.2, -0.15) is 0 Å². The lowest BCUT2D eigenvalue weighted by Gasteiger charge is -2.18. The number of hydrogen-bond donors (Lipinski definition) is 2.